The zero-order valence-corrected chi connectivity index (χ0v) is 36.0. The predicted molar refractivity (Wildman–Crippen MR) is 231 cm³/mol. The Balaban J connectivity index is 1.57. The molecule has 5 rings (SSSR count). The van der Waals surface area contributed by atoms with Crippen LogP contribution in [0, 0.1) is 5.82 Å². The van der Waals surface area contributed by atoms with Gasteiger partial charge in [-0.25, -0.2) is 9.18 Å². The standard InChI is InChI=1S/C50H65FO8/c1-6-11-25-53-43-32-39(33-44(47(43)55-27-13-8-3)58-35-36-21-17-16-18-22-36)40-30-37-23-19-20-24-38(37)31-42(40)59-50(52)41-34-45(54-26-12-7-2)48(56-28-14-9-4)49(46(41)51)57-29-15-10-5/h16-24,32-34,40,42H,6-15,25-31,35H2,1-5H3/t40-,42+/m0/s1. The van der Waals surface area contributed by atoms with E-state index < -0.39 is 17.9 Å². The summed E-state index contributed by atoms with van der Waals surface area (Å²) in [5.74, 6) is 0.129. The predicted octanol–water partition coefficient (Wildman–Crippen LogP) is 12.4. The average Bonchev–Trinajstić information content (AvgIpc) is 3.25. The molecular weight excluding hydrogens is 748 g/mol. The van der Waals surface area contributed by atoms with Gasteiger partial charge < -0.3 is 33.2 Å². The van der Waals surface area contributed by atoms with Crippen molar-refractivity contribution in [1.29, 1.82) is 0 Å². The number of carbonyl (C=O) groups excluding carboxylic acids is 1. The number of unbranched alkanes of at least 4 members (excludes halogenated alkanes) is 5. The van der Waals surface area contributed by atoms with E-state index in [0.717, 1.165) is 80.0 Å². The monoisotopic (exact) mass is 812 g/mol. The van der Waals surface area contributed by atoms with Gasteiger partial charge in [-0.05, 0) is 72.9 Å². The van der Waals surface area contributed by atoms with E-state index >= 15 is 4.39 Å². The maximum atomic E-state index is 16.7. The van der Waals surface area contributed by atoms with E-state index in [4.69, 9.17) is 33.2 Å². The summed E-state index contributed by atoms with van der Waals surface area (Å²) < 4.78 is 61.0. The Kier molecular flexibility index (Phi) is 18.6. The third kappa shape index (κ3) is 12.8. The Hall–Kier alpha value is -4.92. The molecule has 0 N–H and O–H groups in total. The highest BCUT2D eigenvalue weighted by Crippen LogP contribution is 2.46. The maximum absolute atomic E-state index is 16.7. The number of esters is 1. The number of halogens is 1. The second-order valence-electron chi connectivity index (χ2n) is 15.3. The Morgan fingerprint density at radius 3 is 1.61 bits per heavy atom. The van der Waals surface area contributed by atoms with Crippen molar-refractivity contribution in [1.82, 2.24) is 0 Å². The normalized spacial score (nSPS) is 14.6. The van der Waals surface area contributed by atoms with Crippen molar-refractivity contribution in [2.75, 3.05) is 33.0 Å². The highest BCUT2D eigenvalue weighted by atomic mass is 19.1. The van der Waals surface area contributed by atoms with Crippen molar-refractivity contribution in [3.05, 3.63) is 106 Å². The number of fused-ring (bicyclic) bond motifs is 1. The van der Waals surface area contributed by atoms with E-state index in [1.165, 1.54) is 6.07 Å². The Bertz CT molecular complexity index is 1880. The van der Waals surface area contributed by atoms with Gasteiger partial charge in [0.05, 0.1) is 33.0 Å². The van der Waals surface area contributed by atoms with Crippen LogP contribution < -0.4 is 28.4 Å². The first kappa shape index (κ1) is 45.2. The van der Waals surface area contributed by atoms with Crippen LogP contribution in [-0.2, 0) is 24.2 Å². The van der Waals surface area contributed by atoms with Crippen molar-refractivity contribution in [2.45, 2.75) is 130 Å². The molecule has 4 aromatic rings. The number of benzene rings is 4. The molecule has 2 atom stereocenters. The van der Waals surface area contributed by atoms with Crippen molar-refractivity contribution in [3.8, 4) is 34.5 Å². The fourth-order valence-electron chi connectivity index (χ4n) is 6.97. The Morgan fingerprint density at radius 2 is 1.03 bits per heavy atom. The first-order valence-electron chi connectivity index (χ1n) is 22.0. The lowest BCUT2D eigenvalue weighted by Gasteiger charge is -2.34. The largest absolute Gasteiger partial charge is 0.490 e. The minimum Gasteiger partial charge on any atom is -0.490 e. The van der Waals surface area contributed by atoms with E-state index in [1.807, 2.05) is 61.5 Å². The molecule has 4 aromatic carbocycles. The molecule has 1 aliphatic rings. The van der Waals surface area contributed by atoms with Crippen LogP contribution in [0.1, 0.15) is 137 Å². The fourth-order valence-corrected chi connectivity index (χ4v) is 6.97. The minimum atomic E-state index is -0.815. The van der Waals surface area contributed by atoms with E-state index in [9.17, 15) is 4.79 Å². The van der Waals surface area contributed by atoms with Gasteiger partial charge >= 0.3 is 5.97 Å². The van der Waals surface area contributed by atoms with Crippen LogP contribution in [0.2, 0.25) is 0 Å². The lowest BCUT2D eigenvalue weighted by molar-refractivity contribution is 0.0209. The fraction of sp³-hybridized carbons (Fsp3) is 0.500. The van der Waals surface area contributed by atoms with E-state index in [1.54, 1.807) is 0 Å². The molecule has 0 fully saturated rings. The second-order valence-corrected chi connectivity index (χ2v) is 15.3. The Labute approximate surface area is 351 Å². The highest BCUT2D eigenvalue weighted by Gasteiger charge is 2.36. The average molecular weight is 813 g/mol. The summed E-state index contributed by atoms with van der Waals surface area (Å²) >= 11 is 0. The van der Waals surface area contributed by atoms with Gasteiger partial charge in [-0.2, -0.15) is 0 Å². The molecular formula is C50H65FO8. The number of carbonyl (C=O) groups is 1. The smallest absolute Gasteiger partial charge is 0.341 e. The molecule has 0 unspecified atom stereocenters. The summed E-state index contributed by atoms with van der Waals surface area (Å²) in [6.45, 7) is 12.8. The third-order valence-electron chi connectivity index (χ3n) is 10.5. The molecule has 1 aliphatic carbocycles. The van der Waals surface area contributed by atoms with Crippen molar-refractivity contribution < 1.29 is 42.3 Å². The summed E-state index contributed by atoms with van der Waals surface area (Å²) in [6, 6.07) is 23.6. The molecule has 0 aromatic heterocycles. The molecule has 0 bridgehead atoms. The minimum absolute atomic E-state index is 0.117. The number of rotatable bonds is 26. The topological polar surface area (TPSA) is 81.7 Å². The molecule has 0 heterocycles. The number of hydrogen-bond acceptors (Lipinski definition) is 8. The molecule has 8 nitrogen and oxygen atoms in total. The van der Waals surface area contributed by atoms with Crippen LogP contribution in [0.15, 0.2) is 72.8 Å². The van der Waals surface area contributed by atoms with Crippen LogP contribution >= 0.6 is 0 Å². The summed E-state index contributed by atoms with van der Waals surface area (Å²) in [6.07, 6.45) is 9.00. The molecule has 9 heteroatoms. The quantitative estimate of drug-likeness (QED) is 0.0458. The molecule has 0 aliphatic heterocycles. The van der Waals surface area contributed by atoms with Gasteiger partial charge in [0, 0.05) is 18.4 Å². The first-order valence-corrected chi connectivity index (χ1v) is 22.0. The SMILES string of the molecule is CCCCOc1cc([C@@H]2Cc3ccccc3C[C@H]2OC(=O)c2cc(OCCCC)c(OCCCC)c(OCCCC)c2F)cc(OCc2ccccc2)c1OCCCC. The summed E-state index contributed by atoms with van der Waals surface area (Å²) in [5.41, 5.74) is 3.88. The lowest BCUT2D eigenvalue weighted by Crippen LogP contribution is -2.33. The second kappa shape index (κ2) is 24.2. The summed E-state index contributed by atoms with van der Waals surface area (Å²) in [4.78, 5) is 14.4. The molecule has 0 amide bonds. The van der Waals surface area contributed by atoms with Gasteiger partial charge in [0.25, 0.3) is 0 Å². The third-order valence-corrected chi connectivity index (χ3v) is 10.5. The van der Waals surface area contributed by atoms with Gasteiger partial charge in [0.15, 0.2) is 23.1 Å². The molecule has 59 heavy (non-hydrogen) atoms. The molecule has 0 spiro atoms. The zero-order chi connectivity index (χ0) is 41.8. The van der Waals surface area contributed by atoms with Gasteiger partial charge in [-0.3, -0.25) is 0 Å². The van der Waals surface area contributed by atoms with Crippen LogP contribution in [0.5, 0.6) is 34.5 Å². The summed E-state index contributed by atoms with van der Waals surface area (Å²) in [5, 5.41) is 0. The van der Waals surface area contributed by atoms with Gasteiger partial charge in [0.2, 0.25) is 17.2 Å². The van der Waals surface area contributed by atoms with Gasteiger partial charge in [-0.1, -0.05) is 121 Å². The van der Waals surface area contributed by atoms with Crippen LogP contribution in [0.3, 0.4) is 0 Å². The van der Waals surface area contributed by atoms with Crippen LogP contribution in [-0.4, -0.2) is 45.1 Å². The zero-order valence-electron chi connectivity index (χ0n) is 36.0. The van der Waals surface area contributed by atoms with Crippen molar-refractivity contribution >= 4 is 5.97 Å². The van der Waals surface area contributed by atoms with E-state index in [2.05, 4.69) is 39.8 Å². The van der Waals surface area contributed by atoms with Crippen molar-refractivity contribution in [2.24, 2.45) is 0 Å². The first-order chi connectivity index (χ1) is 28.9. The molecule has 0 radical (unpaired) electrons. The highest BCUT2D eigenvalue weighted by molar-refractivity contribution is 5.92. The van der Waals surface area contributed by atoms with Crippen LogP contribution in [0.4, 0.5) is 4.39 Å². The molecule has 320 valence electrons. The van der Waals surface area contributed by atoms with Gasteiger partial charge in [-0.15, -0.1) is 0 Å². The number of hydrogen-bond donors (Lipinski definition) is 0. The number of ether oxygens (including phenoxy) is 7. The van der Waals surface area contributed by atoms with Crippen molar-refractivity contribution in [3.63, 3.8) is 0 Å². The maximum Gasteiger partial charge on any atom is 0.341 e. The van der Waals surface area contributed by atoms with E-state index in [-0.39, 0.29) is 35.3 Å². The van der Waals surface area contributed by atoms with Crippen LogP contribution in [0.25, 0.3) is 0 Å². The van der Waals surface area contributed by atoms with E-state index in [0.29, 0.717) is 69.5 Å². The summed E-state index contributed by atoms with van der Waals surface area (Å²) in [7, 11) is 0. The molecule has 0 saturated heterocycles. The Morgan fingerprint density at radius 1 is 0.559 bits per heavy atom. The lowest BCUT2D eigenvalue weighted by atomic mass is 9.78. The van der Waals surface area contributed by atoms with Gasteiger partial charge in [0.1, 0.15) is 18.3 Å². The molecule has 0 saturated carbocycles.